The summed E-state index contributed by atoms with van der Waals surface area (Å²) in [5, 5.41) is 2.99. The molecule has 0 spiro atoms. The van der Waals surface area contributed by atoms with Crippen LogP contribution in [0.1, 0.15) is 44.6 Å². The number of hydrogen-bond acceptors (Lipinski definition) is 4. The Kier molecular flexibility index (Phi) is 8.37. The van der Waals surface area contributed by atoms with Gasteiger partial charge in [-0.3, -0.25) is 4.79 Å². The zero-order valence-electron chi connectivity index (χ0n) is 17.2. The summed E-state index contributed by atoms with van der Waals surface area (Å²) in [4.78, 5) is 17.0. The van der Waals surface area contributed by atoms with Gasteiger partial charge in [0.1, 0.15) is 5.75 Å². The summed E-state index contributed by atoms with van der Waals surface area (Å²) in [7, 11) is 0. The minimum Gasteiger partial charge on any atom is -0.490 e. The lowest BCUT2D eigenvalue weighted by molar-refractivity contribution is -0.116. The second-order valence-corrected chi connectivity index (χ2v) is 7.85. The van der Waals surface area contributed by atoms with E-state index in [1.165, 1.54) is 12.8 Å². The molecular formula is C23H35N3O2. The molecule has 28 heavy (non-hydrogen) atoms. The Morgan fingerprint density at radius 2 is 1.93 bits per heavy atom. The van der Waals surface area contributed by atoms with E-state index < -0.39 is 0 Å². The molecule has 0 bridgehead atoms. The van der Waals surface area contributed by atoms with E-state index in [0.29, 0.717) is 6.10 Å². The van der Waals surface area contributed by atoms with E-state index in [1.807, 2.05) is 30.3 Å². The van der Waals surface area contributed by atoms with E-state index >= 15 is 0 Å². The lowest BCUT2D eigenvalue weighted by Crippen LogP contribution is -2.46. The second-order valence-electron chi connectivity index (χ2n) is 7.85. The fourth-order valence-electron chi connectivity index (χ4n) is 3.96. The third-order valence-corrected chi connectivity index (χ3v) is 5.75. The van der Waals surface area contributed by atoms with Crippen LogP contribution in [0.5, 0.6) is 5.75 Å². The molecule has 1 amide bonds. The molecule has 154 valence electrons. The highest BCUT2D eigenvalue weighted by Gasteiger charge is 2.16. The van der Waals surface area contributed by atoms with Crippen LogP contribution in [0.3, 0.4) is 0 Å². The summed E-state index contributed by atoms with van der Waals surface area (Å²) in [6, 6.07) is 8.00. The number of hydrogen-bond donors (Lipinski definition) is 1. The highest BCUT2D eigenvalue weighted by atomic mass is 16.5. The van der Waals surface area contributed by atoms with E-state index in [-0.39, 0.29) is 5.91 Å². The van der Waals surface area contributed by atoms with E-state index in [2.05, 4.69) is 22.0 Å². The molecule has 1 aromatic rings. The van der Waals surface area contributed by atoms with Gasteiger partial charge in [-0.05, 0) is 69.0 Å². The first-order valence-electron chi connectivity index (χ1n) is 10.9. The number of carbonyl (C=O) groups is 1. The van der Waals surface area contributed by atoms with Crippen molar-refractivity contribution in [2.45, 2.75) is 45.1 Å². The van der Waals surface area contributed by atoms with Crippen LogP contribution in [0.2, 0.25) is 0 Å². The molecular weight excluding hydrogens is 350 g/mol. The van der Waals surface area contributed by atoms with Gasteiger partial charge in [-0.15, -0.1) is 0 Å². The van der Waals surface area contributed by atoms with Crippen molar-refractivity contribution in [3.05, 3.63) is 35.9 Å². The van der Waals surface area contributed by atoms with Crippen molar-refractivity contribution in [3.63, 3.8) is 0 Å². The standard InChI is InChI=1S/C23H35N3O2/c1-2-25-15-17-26(18-16-25)14-6-13-24-23(27)12-11-20-7-5-10-22(19-20)28-21-8-3-4-9-21/h5,7,10-12,19,21H,2-4,6,8-9,13-18H2,1H3,(H,24,27)/b12-11+. The van der Waals surface area contributed by atoms with Crippen LogP contribution in [0.15, 0.2) is 30.3 Å². The molecule has 2 fully saturated rings. The van der Waals surface area contributed by atoms with Gasteiger partial charge in [0, 0.05) is 38.8 Å². The minimum absolute atomic E-state index is 0.0297. The van der Waals surface area contributed by atoms with Gasteiger partial charge in [0.25, 0.3) is 0 Å². The van der Waals surface area contributed by atoms with Crippen LogP contribution < -0.4 is 10.1 Å². The molecule has 2 aliphatic rings. The number of rotatable bonds is 9. The second kappa shape index (κ2) is 11.2. The molecule has 1 N–H and O–H groups in total. The average Bonchev–Trinajstić information content (AvgIpc) is 3.23. The summed E-state index contributed by atoms with van der Waals surface area (Å²) < 4.78 is 6.03. The molecule has 1 saturated carbocycles. The normalized spacial score (nSPS) is 19.3. The van der Waals surface area contributed by atoms with Crippen LogP contribution in [0.4, 0.5) is 0 Å². The van der Waals surface area contributed by atoms with E-state index in [9.17, 15) is 4.79 Å². The molecule has 1 heterocycles. The van der Waals surface area contributed by atoms with Gasteiger partial charge in [0.15, 0.2) is 0 Å². The van der Waals surface area contributed by atoms with Gasteiger partial charge in [-0.1, -0.05) is 19.1 Å². The lowest BCUT2D eigenvalue weighted by Gasteiger charge is -2.33. The molecule has 0 atom stereocenters. The fraction of sp³-hybridized carbons (Fsp3) is 0.609. The number of carbonyl (C=O) groups excluding carboxylic acids is 1. The van der Waals surface area contributed by atoms with Gasteiger partial charge >= 0.3 is 0 Å². The topological polar surface area (TPSA) is 44.8 Å². The maximum Gasteiger partial charge on any atom is 0.243 e. The number of likely N-dealkylation sites (N-methyl/N-ethyl adjacent to an activating group) is 1. The van der Waals surface area contributed by atoms with Crippen molar-refractivity contribution in [2.24, 2.45) is 0 Å². The predicted octanol–water partition coefficient (Wildman–Crippen LogP) is 3.17. The Bertz CT molecular complexity index is 632. The molecule has 5 heteroatoms. The largest absolute Gasteiger partial charge is 0.490 e. The monoisotopic (exact) mass is 385 g/mol. The number of ether oxygens (including phenoxy) is 1. The Balaban J connectivity index is 1.33. The van der Waals surface area contributed by atoms with Gasteiger partial charge in [-0.2, -0.15) is 0 Å². The molecule has 1 aromatic carbocycles. The summed E-state index contributed by atoms with van der Waals surface area (Å²) in [5.41, 5.74) is 0.999. The van der Waals surface area contributed by atoms with Crippen molar-refractivity contribution in [1.29, 1.82) is 0 Å². The van der Waals surface area contributed by atoms with Gasteiger partial charge in [-0.25, -0.2) is 0 Å². The maximum absolute atomic E-state index is 12.1. The first-order valence-corrected chi connectivity index (χ1v) is 10.9. The third kappa shape index (κ3) is 6.95. The Morgan fingerprint density at radius 3 is 2.68 bits per heavy atom. The van der Waals surface area contributed by atoms with Crippen molar-refractivity contribution in [2.75, 3.05) is 45.8 Å². The lowest BCUT2D eigenvalue weighted by atomic mass is 10.2. The zero-order valence-corrected chi connectivity index (χ0v) is 17.2. The van der Waals surface area contributed by atoms with E-state index in [0.717, 1.165) is 76.4 Å². The van der Waals surface area contributed by atoms with Crippen molar-refractivity contribution >= 4 is 12.0 Å². The summed E-state index contributed by atoms with van der Waals surface area (Å²) in [6.07, 6.45) is 9.66. The highest BCUT2D eigenvalue weighted by Crippen LogP contribution is 2.24. The van der Waals surface area contributed by atoms with Crippen molar-refractivity contribution < 1.29 is 9.53 Å². The average molecular weight is 386 g/mol. The first kappa shape index (κ1) is 20.9. The molecule has 1 aliphatic carbocycles. The maximum atomic E-state index is 12.1. The number of benzene rings is 1. The fourth-order valence-corrected chi connectivity index (χ4v) is 3.96. The van der Waals surface area contributed by atoms with Crippen LogP contribution >= 0.6 is 0 Å². The number of nitrogens with zero attached hydrogens (tertiary/aromatic N) is 2. The smallest absolute Gasteiger partial charge is 0.243 e. The molecule has 1 saturated heterocycles. The predicted molar refractivity (Wildman–Crippen MR) is 115 cm³/mol. The molecule has 0 aromatic heterocycles. The van der Waals surface area contributed by atoms with Gasteiger partial charge in [0.2, 0.25) is 5.91 Å². The molecule has 3 rings (SSSR count). The van der Waals surface area contributed by atoms with E-state index in [4.69, 9.17) is 4.74 Å². The summed E-state index contributed by atoms with van der Waals surface area (Å²) >= 11 is 0. The Hall–Kier alpha value is -1.85. The van der Waals surface area contributed by atoms with Gasteiger partial charge in [0.05, 0.1) is 6.10 Å². The molecule has 0 radical (unpaired) electrons. The molecule has 1 aliphatic heterocycles. The molecule has 0 unspecified atom stereocenters. The number of piperazine rings is 1. The zero-order chi connectivity index (χ0) is 19.6. The summed E-state index contributed by atoms with van der Waals surface area (Å²) in [6.45, 7) is 9.75. The summed E-state index contributed by atoms with van der Waals surface area (Å²) in [5.74, 6) is 0.871. The third-order valence-electron chi connectivity index (χ3n) is 5.75. The van der Waals surface area contributed by atoms with Crippen LogP contribution in [0.25, 0.3) is 6.08 Å². The van der Waals surface area contributed by atoms with Crippen LogP contribution in [-0.4, -0.2) is 67.6 Å². The van der Waals surface area contributed by atoms with E-state index in [1.54, 1.807) is 6.08 Å². The quantitative estimate of drug-likeness (QED) is 0.524. The number of nitrogens with one attached hydrogen (secondary N) is 1. The minimum atomic E-state index is -0.0297. The Labute approximate surface area is 169 Å². The van der Waals surface area contributed by atoms with Crippen molar-refractivity contribution in [3.8, 4) is 5.75 Å². The van der Waals surface area contributed by atoms with Crippen LogP contribution in [-0.2, 0) is 4.79 Å². The molecule has 5 nitrogen and oxygen atoms in total. The van der Waals surface area contributed by atoms with Crippen LogP contribution in [0, 0.1) is 0 Å². The highest BCUT2D eigenvalue weighted by molar-refractivity contribution is 5.91. The number of amides is 1. The van der Waals surface area contributed by atoms with Gasteiger partial charge < -0.3 is 19.9 Å². The first-order chi connectivity index (χ1) is 13.7. The SMILES string of the molecule is CCN1CCN(CCCNC(=O)/C=C/c2cccc(OC3CCCC3)c2)CC1. The van der Waals surface area contributed by atoms with Crippen molar-refractivity contribution in [1.82, 2.24) is 15.1 Å². The Morgan fingerprint density at radius 1 is 1.18 bits per heavy atom.